The fourth-order valence-electron chi connectivity index (χ4n) is 3.70. The summed E-state index contributed by atoms with van der Waals surface area (Å²) in [4.78, 5) is 21.2. The molecule has 0 bridgehead atoms. The highest BCUT2D eigenvalue weighted by atomic mass is 32.2. The Morgan fingerprint density at radius 2 is 2.18 bits per heavy atom. The van der Waals surface area contributed by atoms with E-state index in [1.54, 1.807) is 13.3 Å². The van der Waals surface area contributed by atoms with Crippen LogP contribution in [-0.4, -0.2) is 44.9 Å². The van der Waals surface area contributed by atoms with E-state index in [2.05, 4.69) is 14.3 Å². The summed E-state index contributed by atoms with van der Waals surface area (Å²) in [7, 11) is -2.00. The highest BCUT2D eigenvalue weighted by Crippen LogP contribution is 2.33. The number of benzene rings is 1. The van der Waals surface area contributed by atoms with Crippen molar-refractivity contribution < 1.29 is 24.0 Å². The average Bonchev–Trinajstić information content (AvgIpc) is 3.31. The minimum atomic E-state index is -3.58. The maximum absolute atomic E-state index is 13.1. The van der Waals surface area contributed by atoms with Gasteiger partial charge in [-0.1, -0.05) is 38.1 Å². The number of rotatable bonds is 7. The Morgan fingerprint density at radius 3 is 2.82 bits per heavy atom. The van der Waals surface area contributed by atoms with Crippen molar-refractivity contribution in [3.63, 3.8) is 0 Å². The number of aliphatic hydroxyl groups is 2. The summed E-state index contributed by atoms with van der Waals surface area (Å²) >= 11 is 0.853. The predicted octanol–water partition coefficient (Wildman–Crippen LogP) is 2.98. The molecule has 4 N–H and O–H groups in total. The third-order valence-corrected chi connectivity index (χ3v) is 8.71. The molecule has 0 spiro atoms. The van der Waals surface area contributed by atoms with Crippen molar-refractivity contribution in [2.45, 2.75) is 55.3 Å². The zero-order chi connectivity index (χ0) is 25.1. The van der Waals surface area contributed by atoms with E-state index in [0.29, 0.717) is 12.3 Å². The normalized spacial score (nSPS) is 19.3. The number of aliphatic imine (C=N–C) groups is 1. The van der Waals surface area contributed by atoms with Gasteiger partial charge < -0.3 is 14.9 Å². The lowest BCUT2D eigenvalue weighted by Crippen LogP contribution is -2.25. The van der Waals surface area contributed by atoms with Crippen LogP contribution in [0.15, 0.2) is 50.2 Å². The van der Waals surface area contributed by atoms with Gasteiger partial charge in [0.15, 0.2) is 15.8 Å². The zero-order valence-electron chi connectivity index (χ0n) is 19.6. The van der Waals surface area contributed by atoms with Crippen molar-refractivity contribution in [1.82, 2.24) is 4.98 Å². The van der Waals surface area contributed by atoms with Crippen LogP contribution < -0.4 is 5.14 Å². The number of methoxy groups -OCH3 is 1. The van der Waals surface area contributed by atoms with E-state index in [-0.39, 0.29) is 27.5 Å². The van der Waals surface area contributed by atoms with Crippen LogP contribution in [0, 0.1) is 0 Å². The number of nitrogens with two attached hydrogens (primary N) is 1. The van der Waals surface area contributed by atoms with Gasteiger partial charge in [0.1, 0.15) is 14.8 Å². The molecule has 0 radical (unpaired) electrons. The third kappa shape index (κ3) is 5.78. The predicted molar refractivity (Wildman–Crippen MR) is 132 cm³/mol. The van der Waals surface area contributed by atoms with Crippen molar-refractivity contribution in [3.05, 3.63) is 58.4 Å². The molecular formula is C23H30N4O5S2. The Labute approximate surface area is 203 Å². The summed E-state index contributed by atoms with van der Waals surface area (Å²) < 4.78 is 22.3. The van der Waals surface area contributed by atoms with Gasteiger partial charge in [0.25, 0.3) is 5.91 Å². The van der Waals surface area contributed by atoms with Crippen LogP contribution in [0.5, 0.6) is 0 Å². The number of carbonyl (C=O) groups is 1. The minimum absolute atomic E-state index is 0.0269. The van der Waals surface area contributed by atoms with Gasteiger partial charge in [-0.15, -0.1) is 15.7 Å². The highest BCUT2D eigenvalue weighted by Gasteiger charge is 2.28. The van der Waals surface area contributed by atoms with E-state index in [0.717, 1.165) is 28.0 Å². The average molecular weight is 507 g/mol. The van der Waals surface area contributed by atoms with Crippen molar-refractivity contribution >= 4 is 33.1 Å². The molecule has 1 amide bonds. The summed E-state index contributed by atoms with van der Waals surface area (Å²) in [6.45, 7) is 4.89. The number of allylic oxidation sites excluding steroid dienone is 1. The van der Waals surface area contributed by atoms with E-state index in [1.807, 2.05) is 38.1 Å². The third-order valence-electron chi connectivity index (χ3n) is 5.54. The van der Waals surface area contributed by atoms with E-state index in [9.17, 15) is 19.2 Å². The Bertz CT molecular complexity index is 1240. The second-order valence-electron chi connectivity index (χ2n) is 8.60. The number of thiazole rings is 1. The first kappa shape index (κ1) is 26.2. The van der Waals surface area contributed by atoms with Crippen LogP contribution in [-0.2, 0) is 31.5 Å². The molecule has 0 saturated carbocycles. The van der Waals surface area contributed by atoms with Gasteiger partial charge in [0.2, 0.25) is 0 Å². The Morgan fingerprint density at radius 1 is 1.44 bits per heavy atom. The van der Waals surface area contributed by atoms with Crippen molar-refractivity contribution in [1.29, 1.82) is 0 Å². The number of nitrogens with zero attached hydrogens (tertiary/aromatic N) is 3. The van der Waals surface area contributed by atoms with Gasteiger partial charge in [-0.25, -0.2) is 19.3 Å². The van der Waals surface area contributed by atoms with Gasteiger partial charge in [0, 0.05) is 18.5 Å². The van der Waals surface area contributed by atoms with E-state index < -0.39 is 28.0 Å². The molecule has 1 aliphatic heterocycles. The molecule has 2 heterocycles. The van der Waals surface area contributed by atoms with Crippen molar-refractivity contribution in [2.75, 3.05) is 13.7 Å². The molecule has 1 aromatic carbocycles. The molecule has 34 heavy (non-hydrogen) atoms. The Kier molecular flexibility index (Phi) is 8.04. The molecule has 1 aliphatic rings. The van der Waals surface area contributed by atoms with E-state index in [4.69, 9.17) is 9.88 Å². The zero-order valence-corrected chi connectivity index (χ0v) is 21.2. The van der Waals surface area contributed by atoms with Crippen LogP contribution in [0.3, 0.4) is 0 Å². The molecule has 0 saturated heterocycles. The lowest BCUT2D eigenvalue weighted by atomic mass is 9.84. The summed E-state index contributed by atoms with van der Waals surface area (Å²) in [5.41, 5.74) is 1.17. The standard InChI is InChI=1S/C23H30N4O5S2/c1-14(2)16-6-5-7-17(15-8-9-25-20(10-15)32-4)18(16)11-19(29)27-34(24,31)21-12-26-22(33-21)23(3,30)13-28/h5-9,12,14-15,28,30H,10-11,13H2,1-4H3,(H2,24,27,29,31)/t15?,23-,34?/m0/s1. The van der Waals surface area contributed by atoms with E-state index in [1.165, 1.54) is 13.1 Å². The largest absolute Gasteiger partial charge is 0.484 e. The number of carbonyl (C=O) groups excluding carboxylic acids is 1. The first-order valence-corrected chi connectivity index (χ1v) is 13.1. The van der Waals surface area contributed by atoms with E-state index >= 15 is 0 Å². The summed E-state index contributed by atoms with van der Waals surface area (Å²) in [5, 5.41) is 25.6. The van der Waals surface area contributed by atoms with Gasteiger partial charge >= 0.3 is 0 Å². The van der Waals surface area contributed by atoms with Crippen molar-refractivity contribution in [2.24, 2.45) is 14.5 Å². The smallest absolute Gasteiger partial charge is 0.259 e. The molecule has 3 atom stereocenters. The molecule has 2 unspecified atom stereocenters. The first-order chi connectivity index (χ1) is 16.0. The lowest BCUT2D eigenvalue weighted by Gasteiger charge is -2.23. The first-order valence-electron chi connectivity index (χ1n) is 10.7. The van der Waals surface area contributed by atoms with Gasteiger partial charge in [-0.3, -0.25) is 4.79 Å². The van der Waals surface area contributed by atoms with Crippen molar-refractivity contribution in [3.8, 4) is 0 Å². The van der Waals surface area contributed by atoms with Gasteiger partial charge in [-0.05, 0) is 29.5 Å². The molecule has 2 aromatic rings. The van der Waals surface area contributed by atoms with Crippen LogP contribution in [0.4, 0.5) is 0 Å². The molecule has 11 heteroatoms. The fraction of sp³-hybridized carbons (Fsp3) is 0.435. The minimum Gasteiger partial charge on any atom is -0.484 e. The molecular weight excluding hydrogens is 476 g/mol. The Hall–Kier alpha value is -2.44. The lowest BCUT2D eigenvalue weighted by molar-refractivity contribution is -0.117. The molecule has 1 aromatic heterocycles. The summed E-state index contributed by atoms with van der Waals surface area (Å²) in [6, 6.07) is 5.90. The molecule has 0 fully saturated rings. The number of hydrogen-bond donors (Lipinski definition) is 3. The summed E-state index contributed by atoms with van der Waals surface area (Å²) in [6.07, 6.45) is 5.37. The second-order valence-corrected chi connectivity index (χ2v) is 11.6. The number of ether oxygens (including phenoxy) is 1. The second kappa shape index (κ2) is 10.4. The fourth-order valence-corrected chi connectivity index (χ4v) is 5.87. The molecule has 0 aliphatic carbocycles. The number of amides is 1. The van der Waals surface area contributed by atoms with Gasteiger partial charge in [-0.2, -0.15) is 0 Å². The van der Waals surface area contributed by atoms with Crippen LogP contribution >= 0.6 is 11.3 Å². The monoisotopic (exact) mass is 506 g/mol. The molecule has 9 nitrogen and oxygen atoms in total. The number of aliphatic hydroxyl groups excluding tert-OH is 1. The van der Waals surface area contributed by atoms with Crippen LogP contribution in [0.2, 0.25) is 0 Å². The quantitative estimate of drug-likeness (QED) is 0.526. The number of aromatic nitrogens is 1. The van der Waals surface area contributed by atoms with Crippen LogP contribution in [0.1, 0.15) is 60.7 Å². The molecule has 3 rings (SSSR count). The maximum Gasteiger partial charge on any atom is 0.259 e. The highest BCUT2D eigenvalue weighted by molar-refractivity contribution is 7.93. The Balaban J connectivity index is 1.95. The SMILES string of the molecule is COC1=NC=CC(c2cccc(C(C)C)c2CC(=O)N=S(N)(=O)c2cnc([C@@](C)(O)CO)s2)C1. The maximum atomic E-state index is 13.1. The van der Waals surface area contributed by atoms with Crippen LogP contribution in [0.25, 0.3) is 0 Å². The topological polar surface area (TPSA) is 147 Å². The number of hydrogen-bond acceptors (Lipinski definition) is 8. The molecule has 184 valence electrons. The summed E-state index contributed by atoms with van der Waals surface area (Å²) in [5.74, 6) is 0.110. The van der Waals surface area contributed by atoms with Gasteiger partial charge in [0.05, 0.1) is 26.3 Å².